The summed E-state index contributed by atoms with van der Waals surface area (Å²) in [7, 11) is -0.311. The van der Waals surface area contributed by atoms with Gasteiger partial charge in [0.25, 0.3) is 0 Å². The minimum atomic E-state index is -0.311. The lowest BCUT2D eigenvalue weighted by molar-refractivity contribution is 0.00578. The van der Waals surface area contributed by atoms with Gasteiger partial charge in [0.05, 0.1) is 11.2 Å². The molecule has 1 fully saturated rings. The Morgan fingerprint density at radius 3 is 1.90 bits per heavy atom. The van der Waals surface area contributed by atoms with Crippen LogP contribution in [0.4, 0.5) is 0 Å². The highest BCUT2D eigenvalue weighted by Crippen LogP contribution is 2.36. The molecular formula is C17H30BNO2. The van der Waals surface area contributed by atoms with Gasteiger partial charge in [0.1, 0.15) is 0 Å². The summed E-state index contributed by atoms with van der Waals surface area (Å²) in [6.07, 6.45) is 1.83. The van der Waals surface area contributed by atoms with Gasteiger partial charge in [-0.1, -0.05) is 34.6 Å². The zero-order valence-corrected chi connectivity index (χ0v) is 15.1. The van der Waals surface area contributed by atoms with Gasteiger partial charge in [0.2, 0.25) is 0 Å². The Labute approximate surface area is 130 Å². The van der Waals surface area contributed by atoms with E-state index in [0.29, 0.717) is 0 Å². The molecule has 2 rings (SSSR count). The molecule has 0 radical (unpaired) electrons. The second-order valence-electron chi connectivity index (χ2n) is 7.31. The second-order valence-corrected chi connectivity index (χ2v) is 7.31. The highest BCUT2D eigenvalue weighted by Gasteiger charge is 2.51. The lowest BCUT2D eigenvalue weighted by atomic mass is 9.77. The first-order valence-corrected chi connectivity index (χ1v) is 7.85. The fraction of sp³-hybridized carbons (Fsp3) is 0.706. The molecule has 0 spiro atoms. The van der Waals surface area contributed by atoms with Gasteiger partial charge < -0.3 is 9.31 Å². The van der Waals surface area contributed by atoms with Crippen molar-refractivity contribution in [2.45, 2.75) is 78.9 Å². The molecule has 0 aliphatic carbocycles. The molecule has 0 N–H and O–H groups in total. The van der Waals surface area contributed by atoms with Crippen LogP contribution in [0.1, 0.15) is 68.0 Å². The molecule has 0 unspecified atom stereocenters. The monoisotopic (exact) mass is 291 g/mol. The van der Waals surface area contributed by atoms with E-state index in [1.165, 1.54) is 0 Å². The molecule has 2 heterocycles. The highest BCUT2D eigenvalue weighted by molar-refractivity contribution is 6.62. The summed E-state index contributed by atoms with van der Waals surface area (Å²) in [5.41, 5.74) is 1.52. The molecule has 1 aromatic heterocycles. The van der Waals surface area contributed by atoms with Crippen molar-refractivity contribution < 1.29 is 9.31 Å². The van der Waals surface area contributed by atoms with Gasteiger partial charge in [0, 0.05) is 17.3 Å². The number of nitrogens with zero attached hydrogens (tertiary/aromatic N) is 1. The largest absolute Gasteiger partial charge is 0.494 e. The third-order valence-corrected chi connectivity index (χ3v) is 4.08. The molecule has 4 heteroatoms. The molecular weight excluding hydrogens is 261 g/mol. The molecule has 0 bridgehead atoms. The Balaban J connectivity index is 0.00000106. The summed E-state index contributed by atoms with van der Waals surface area (Å²) in [4.78, 5) is 4.44. The first-order valence-electron chi connectivity index (χ1n) is 7.85. The zero-order chi connectivity index (χ0) is 16.5. The summed E-state index contributed by atoms with van der Waals surface area (Å²) in [6.45, 7) is 18.7. The van der Waals surface area contributed by atoms with Crippen LogP contribution in [0.15, 0.2) is 18.3 Å². The average Bonchev–Trinajstić information content (AvgIpc) is 2.60. The van der Waals surface area contributed by atoms with Crippen molar-refractivity contribution in [1.29, 1.82) is 0 Å². The van der Waals surface area contributed by atoms with E-state index in [1.54, 1.807) is 0 Å². The van der Waals surface area contributed by atoms with Crippen LogP contribution in [-0.2, 0) is 14.7 Å². The third-order valence-electron chi connectivity index (χ3n) is 4.08. The minimum Gasteiger partial charge on any atom is -0.399 e. The van der Waals surface area contributed by atoms with Gasteiger partial charge in [0.15, 0.2) is 0 Å². The van der Waals surface area contributed by atoms with E-state index in [0.717, 1.165) is 11.2 Å². The third kappa shape index (κ3) is 3.86. The molecule has 1 aromatic rings. The first kappa shape index (κ1) is 18.2. The fourth-order valence-electron chi connectivity index (χ4n) is 1.98. The van der Waals surface area contributed by atoms with Gasteiger partial charge >= 0.3 is 7.12 Å². The lowest BCUT2D eigenvalue weighted by Gasteiger charge is -2.32. The predicted molar refractivity (Wildman–Crippen MR) is 90.0 cm³/mol. The summed E-state index contributed by atoms with van der Waals surface area (Å²) >= 11 is 0. The van der Waals surface area contributed by atoms with E-state index in [4.69, 9.17) is 9.31 Å². The number of aromatic nitrogens is 1. The number of hydrogen-bond acceptors (Lipinski definition) is 3. The van der Waals surface area contributed by atoms with Crippen LogP contribution in [-0.4, -0.2) is 23.3 Å². The van der Waals surface area contributed by atoms with Crippen molar-refractivity contribution in [3.63, 3.8) is 0 Å². The first-order chi connectivity index (χ1) is 9.53. The SMILES string of the molecule is CC.CC(C)(C)c1cc(B2OC(C)(C)C(C)(C)O2)ccn1. The molecule has 1 aliphatic rings. The maximum atomic E-state index is 6.07. The quantitative estimate of drug-likeness (QED) is 0.739. The second kappa shape index (κ2) is 6.09. The van der Waals surface area contributed by atoms with E-state index in [-0.39, 0.29) is 23.7 Å². The summed E-state index contributed by atoms with van der Waals surface area (Å²) in [6, 6.07) is 4.06. The fourth-order valence-corrected chi connectivity index (χ4v) is 1.98. The Hall–Kier alpha value is -0.865. The van der Waals surface area contributed by atoms with E-state index in [9.17, 15) is 0 Å². The molecule has 1 aliphatic heterocycles. The Kier molecular flexibility index (Phi) is 5.28. The molecule has 118 valence electrons. The topological polar surface area (TPSA) is 31.4 Å². The number of hydrogen-bond donors (Lipinski definition) is 0. The van der Waals surface area contributed by atoms with Crippen molar-refractivity contribution in [2.24, 2.45) is 0 Å². The van der Waals surface area contributed by atoms with Crippen molar-refractivity contribution in [3.8, 4) is 0 Å². The van der Waals surface area contributed by atoms with E-state index in [2.05, 4.69) is 59.5 Å². The zero-order valence-electron chi connectivity index (χ0n) is 15.1. The van der Waals surface area contributed by atoms with Crippen LogP contribution < -0.4 is 5.46 Å². The van der Waals surface area contributed by atoms with Crippen LogP contribution in [0.5, 0.6) is 0 Å². The maximum absolute atomic E-state index is 6.07. The van der Waals surface area contributed by atoms with Gasteiger partial charge in [-0.05, 0) is 45.3 Å². The molecule has 21 heavy (non-hydrogen) atoms. The summed E-state index contributed by atoms with van der Waals surface area (Å²) in [5.74, 6) is 0. The van der Waals surface area contributed by atoms with Crippen molar-refractivity contribution in [1.82, 2.24) is 4.98 Å². The number of pyridine rings is 1. The molecule has 3 nitrogen and oxygen atoms in total. The average molecular weight is 291 g/mol. The summed E-state index contributed by atoms with van der Waals surface area (Å²) < 4.78 is 12.1. The minimum absolute atomic E-state index is 0.0274. The smallest absolute Gasteiger partial charge is 0.399 e. The van der Waals surface area contributed by atoms with E-state index >= 15 is 0 Å². The standard InChI is InChI=1S/C15H24BNO2.C2H6/c1-13(2,3)12-10-11(8-9-17-12)16-18-14(4,5)15(6,7)19-16;1-2/h8-10H,1-7H3;1-2H3. The molecule has 1 saturated heterocycles. The van der Waals surface area contributed by atoms with Gasteiger partial charge in [-0.25, -0.2) is 0 Å². The van der Waals surface area contributed by atoms with Gasteiger partial charge in [-0.3, -0.25) is 4.98 Å². The predicted octanol–water partition coefficient (Wildman–Crippen LogP) is 3.70. The molecule has 0 saturated carbocycles. The maximum Gasteiger partial charge on any atom is 0.494 e. The lowest BCUT2D eigenvalue weighted by Crippen LogP contribution is -2.41. The Morgan fingerprint density at radius 2 is 1.48 bits per heavy atom. The van der Waals surface area contributed by atoms with E-state index in [1.807, 2.05) is 26.1 Å². The van der Waals surface area contributed by atoms with E-state index < -0.39 is 0 Å². The molecule has 0 aromatic carbocycles. The van der Waals surface area contributed by atoms with Gasteiger partial charge in [-0.2, -0.15) is 0 Å². The van der Waals surface area contributed by atoms with Crippen LogP contribution >= 0.6 is 0 Å². The van der Waals surface area contributed by atoms with Gasteiger partial charge in [-0.15, -0.1) is 0 Å². The molecule has 0 atom stereocenters. The van der Waals surface area contributed by atoms with Crippen molar-refractivity contribution >= 4 is 12.6 Å². The molecule has 0 amide bonds. The van der Waals surface area contributed by atoms with Crippen molar-refractivity contribution in [3.05, 3.63) is 24.0 Å². The Bertz CT molecular complexity index is 462. The number of rotatable bonds is 1. The normalized spacial score (nSPS) is 20.0. The van der Waals surface area contributed by atoms with Crippen LogP contribution in [0.25, 0.3) is 0 Å². The van der Waals surface area contributed by atoms with Crippen LogP contribution in [0.3, 0.4) is 0 Å². The Morgan fingerprint density at radius 1 is 1.00 bits per heavy atom. The highest BCUT2D eigenvalue weighted by atomic mass is 16.7. The van der Waals surface area contributed by atoms with Crippen molar-refractivity contribution in [2.75, 3.05) is 0 Å². The van der Waals surface area contributed by atoms with Crippen LogP contribution in [0, 0.1) is 0 Å². The summed E-state index contributed by atoms with van der Waals surface area (Å²) in [5, 5.41) is 0. The van der Waals surface area contributed by atoms with Crippen LogP contribution in [0.2, 0.25) is 0 Å².